The molecular formula is C27H22FN3O2. The second kappa shape index (κ2) is 8.13. The number of aromatic amines is 1. The van der Waals surface area contributed by atoms with Crippen LogP contribution in [0.4, 0.5) is 4.39 Å². The van der Waals surface area contributed by atoms with Crippen molar-refractivity contribution in [3.05, 3.63) is 106 Å². The van der Waals surface area contributed by atoms with Crippen molar-refractivity contribution in [2.45, 2.75) is 26.3 Å². The van der Waals surface area contributed by atoms with Crippen molar-refractivity contribution < 1.29 is 9.18 Å². The smallest absolute Gasteiger partial charge is 0.258 e. The maximum Gasteiger partial charge on any atom is 0.258 e. The summed E-state index contributed by atoms with van der Waals surface area (Å²) in [4.78, 5) is 28.8. The van der Waals surface area contributed by atoms with Gasteiger partial charge in [-0.1, -0.05) is 54.1 Å². The molecule has 1 aromatic heterocycles. The topological polar surface area (TPSA) is 65.5 Å². The lowest BCUT2D eigenvalue weighted by molar-refractivity contribution is -0.130. The molecule has 1 aliphatic heterocycles. The number of hydrogen-bond acceptors (Lipinski definition) is 3. The molecule has 4 aromatic rings. The Morgan fingerprint density at radius 2 is 1.76 bits per heavy atom. The average Bonchev–Trinajstić information content (AvgIpc) is 3.25. The monoisotopic (exact) mass is 439 g/mol. The second-order valence-corrected chi connectivity index (χ2v) is 8.30. The minimum Gasteiger partial charge on any atom is -0.321 e. The van der Waals surface area contributed by atoms with Crippen LogP contribution in [-0.4, -0.2) is 21.6 Å². The summed E-state index contributed by atoms with van der Waals surface area (Å²) in [5.41, 5.74) is 4.99. The van der Waals surface area contributed by atoms with E-state index in [1.807, 2.05) is 55.5 Å². The van der Waals surface area contributed by atoms with Gasteiger partial charge in [-0.2, -0.15) is 5.10 Å². The highest BCUT2D eigenvalue weighted by atomic mass is 19.1. The number of halogens is 1. The number of H-pyrrole nitrogens is 1. The first-order chi connectivity index (χ1) is 15.9. The molecular weight excluding hydrogens is 417 g/mol. The van der Waals surface area contributed by atoms with E-state index in [1.165, 1.54) is 24.1 Å². The zero-order chi connectivity index (χ0) is 23.1. The lowest BCUT2D eigenvalue weighted by Gasteiger charge is -2.20. The highest BCUT2D eigenvalue weighted by Crippen LogP contribution is 2.37. The van der Waals surface area contributed by atoms with E-state index in [2.05, 4.69) is 10.1 Å². The van der Waals surface area contributed by atoms with Gasteiger partial charge in [0.15, 0.2) is 0 Å². The van der Waals surface area contributed by atoms with Crippen LogP contribution in [0, 0.1) is 12.7 Å². The first-order valence-electron chi connectivity index (χ1n) is 10.8. The zero-order valence-electron chi connectivity index (χ0n) is 18.3. The van der Waals surface area contributed by atoms with Gasteiger partial charge >= 0.3 is 0 Å². The molecule has 3 aromatic carbocycles. The van der Waals surface area contributed by atoms with E-state index in [4.69, 9.17) is 0 Å². The van der Waals surface area contributed by atoms with Crippen LogP contribution in [-0.2, 0) is 4.79 Å². The molecule has 2 heterocycles. The molecule has 0 bridgehead atoms. The average molecular weight is 439 g/mol. The van der Waals surface area contributed by atoms with Gasteiger partial charge in [-0.15, -0.1) is 0 Å². The molecule has 0 saturated heterocycles. The van der Waals surface area contributed by atoms with Crippen molar-refractivity contribution in [2.24, 2.45) is 5.10 Å². The van der Waals surface area contributed by atoms with Gasteiger partial charge in [0.05, 0.1) is 17.3 Å². The molecule has 0 fully saturated rings. The summed E-state index contributed by atoms with van der Waals surface area (Å²) in [6.45, 7) is 3.45. The van der Waals surface area contributed by atoms with Crippen molar-refractivity contribution in [1.82, 2.24) is 9.99 Å². The van der Waals surface area contributed by atoms with Crippen LogP contribution in [0.25, 0.3) is 22.0 Å². The lowest BCUT2D eigenvalue weighted by Crippen LogP contribution is -2.24. The quantitative estimate of drug-likeness (QED) is 0.468. The molecule has 0 spiro atoms. The van der Waals surface area contributed by atoms with Crippen LogP contribution in [0.1, 0.15) is 36.1 Å². The van der Waals surface area contributed by atoms with Crippen molar-refractivity contribution in [3.63, 3.8) is 0 Å². The fraction of sp³-hybridized carbons (Fsp3) is 0.148. The van der Waals surface area contributed by atoms with Crippen molar-refractivity contribution in [2.75, 3.05) is 0 Å². The number of aromatic nitrogens is 1. The molecule has 0 aliphatic carbocycles. The molecule has 0 saturated carbocycles. The molecule has 5 rings (SSSR count). The summed E-state index contributed by atoms with van der Waals surface area (Å²) in [6, 6.07) is 21.3. The number of pyridine rings is 1. The molecule has 0 unspecified atom stereocenters. The number of rotatable bonds is 3. The third-order valence-electron chi connectivity index (χ3n) is 6.01. The van der Waals surface area contributed by atoms with Gasteiger partial charge in [-0.3, -0.25) is 9.59 Å². The van der Waals surface area contributed by atoms with E-state index < -0.39 is 6.04 Å². The first kappa shape index (κ1) is 20.8. The Balaban J connectivity index is 1.74. The third kappa shape index (κ3) is 3.74. The van der Waals surface area contributed by atoms with Gasteiger partial charge in [-0.25, -0.2) is 9.40 Å². The fourth-order valence-electron chi connectivity index (χ4n) is 4.48. The second-order valence-electron chi connectivity index (χ2n) is 8.30. The molecule has 1 atom stereocenters. The number of hydrazone groups is 1. The number of aryl methyl sites for hydroxylation is 1. The summed E-state index contributed by atoms with van der Waals surface area (Å²) < 4.78 is 13.5. The largest absolute Gasteiger partial charge is 0.321 e. The first-order valence-corrected chi connectivity index (χ1v) is 10.8. The van der Waals surface area contributed by atoms with E-state index in [0.717, 1.165) is 33.2 Å². The summed E-state index contributed by atoms with van der Waals surface area (Å²) in [6.07, 6.45) is 0.353. The summed E-state index contributed by atoms with van der Waals surface area (Å²) in [5, 5.41) is 6.90. The number of hydrogen-bond donors (Lipinski definition) is 1. The van der Waals surface area contributed by atoms with Crippen LogP contribution < -0.4 is 5.56 Å². The summed E-state index contributed by atoms with van der Waals surface area (Å²) in [5.74, 6) is -0.589. The Morgan fingerprint density at radius 3 is 2.45 bits per heavy atom. The fourth-order valence-corrected chi connectivity index (χ4v) is 4.48. The predicted octanol–water partition coefficient (Wildman–Crippen LogP) is 5.34. The standard InChI is InChI=1S/C27H22FN3O2/c1-16-8-13-22-21(14-16)25(19-6-4-3-5-7-19)26(27(33)29-22)23-15-24(31(30-23)17(2)32)18-9-11-20(28)12-10-18/h3-14,24H,15H2,1-2H3,(H,29,33)/t24-/m0/s1. The number of carbonyl (C=O) groups excluding carboxylic acids is 1. The van der Waals surface area contributed by atoms with E-state index >= 15 is 0 Å². The number of amides is 1. The SMILES string of the molecule is CC(=O)N1N=C(c2c(-c3ccccc3)c3cc(C)ccc3[nH]c2=O)C[C@H]1c1ccc(F)cc1. The van der Waals surface area contributed by atoms with Gasteiger partial charge < -0.3 is 4.98 Å². The predicted molar refractivity (Wildman–Crippen MR) is 128 cm³/mol. The van der Waals surface area contributed by atoms with E-state index in [1.54, 1.807) is 12.1 Å². The maximum atomic E-state index is 13.5. The minimum absolute atomic E-state index is 0.242. The Labute approximate surface area is 190 Å². The summed E-state index contributed by atoms with van der Waals surface area (Å²) in [7, 11) is 0. The molecule has 1 amide bonds. The lowest BCUT2D eigenvalue weighted by atomic mass is 9.90. The Morgan fingerprint density at radius 1 is 1.03 bits per heavy atom. The Hall–Kier alpha value is -4.06. The van der Waals surface area contributed by atoms with Gasteiger partial charge in [0.1, 0.15) is 5.82 Å². The van der Waals surface area contributed by atoms with Crippen molar-refractivity contribution in [1.29, 1.82) is 0 Å². The van der Waals surface area contributed by atoms with Crippen molar-refractivity contribution in [3.8, 4) is 11.1 Å². The van der Waals surface area contributed by atoms with Crippen LogP contribution in [0.2, 0.25) is 0 Å². The van der Waals surface area contributed by atoms with Crippen LogP contribution in [0.5, 0.6) is 0 Å². The number of nitrogens with zero attached hydrogens (tertiary/aromatic N) is 2. The van der Waals surface area contributed by atoms with E-state index in [0.29, 0.717) is 17.7 Å². The zero-order valence-corrected chi connectivity index (χ0v) is 18.3. The van der Waals surface area contributed by atoms with Crippen LogP contribution >= 0.6 is 0 Å². The number of carbonyl (C=O) groups is 1. The van der Waals surface area contributed by atoms with Crippen molar-refractivity contribution >= 4 is 22.5 Å². The highest BCUT2D eigenvalue weighted by molar-refractivity contribution is 6.12. The number of benzene rings is 3. The van der Waals surface area contributed by atoms with Gasteiger partial charge in [0.25, 0.3) is 5.56 Å². The number of nitrogens with one attached hydrogen (secondary N) is 1. The molecule has 0 radical (unpaired) electrons. The maximum absolute atomic E-state index is 13.5. The molecule has 1 aliphatic rings. The van der Waals surface area contributed by atoms with Crippen LogP contribution in [0.15, 0.2) is 82.7 Å². The van der Waals surface area contributed by atoms with Gasteiger partial charge in [0, 0.05) is 29.8 Å². The van der Waals surface area contributed by atoms with E-state index in [9.17, 15) is 14.0 Å². The van der Waals surface area contributed by atoms with E-state index in [-0.39, 0.29) is 17.3 Å². The third-order valence-corrected chi connectivity index (χ3v) is 6.01. The highest BCUT2D eigenvalue weighted by Gasteiger charge is 2.34. The van der Waals surface area contributed by atoms with Gasteiger partial charge in [-0.05, 0) is 42.3 Å². The van der Waals surface area contributed by atoms with Gasteiger partial charge in [0.2, 0.25) is 5.91 Å². The minimum atomic E-state index is -0.408. The molecule has 1 N–H and O–H groups in total. The Bertz CT molecular complexity index is 1460. The molecule has 164 valence electrons. The normalized spacial score (nSPS) is 15.7. The molecule has 6 heteroatoms. The Kier molecular flexibility index (Phi) is 5.13. The number of fused-ring (bicyclic) bond motifs is 1. The van der Waals surface area contributed by atoms with Crippen LogP contribution in [0.3, 0.4) is 0 Å². The summed E-state index contributed by atoms with van der Waals surface area (Å²) >= 11 is 0. The molecule has 33 heavy (non-hydrogen) atoms. The molecule has 5 nitrogen and oxygen atoms in total.